The number of benzene rings is 4. The molecule has 0 saturated carbocycles. The minimum absolute atomic E-state index is 0. The SMILES string of the molecule is Cc1c[c-]c(-c2ccc(C)cn2)cc1.Cc1cnc(-c2[c-]ccc3cc(CC(C)(C)C)oc23)cc1-c1c(C)cc(-c2ccccc2)cc1C.[Ir]. The number of pyridine rings is 2. The first-order chi connectivity index (χ1) is 23.4. The fourth-order valence-corrected chi connectivity index (χ4v) is 6.26. The molecular formula is C46H44IrN2O-2. The van der Waals surface area contributed by atoms with E-state index in [4.69, 9.17) is 9.40 Å². The number of aryl methyl sites for hydroxylation is 5. The second-order valence-electron chi connectivity index (χ2n) is 14.3. The van der Waals surface area contributed by atoms with Crippen molar-refractivity contribution in [1.82, 2.24) is 9.97 Å². The molecule has 1 radical (unpaired) electrons. The quantitative estimate of drug-likeness (QED) is 0.162. The average Bonchev–Trinajstić information content (AvgIpc) is 3.48. The number of fused-ring (bicyclic) bond motifs is 1. The first-order valence-electron chi connectivity index (χ1n) is 16.9. The molecule has 3 aromatic heterocycles. The molecule has 50 heavy (non-hydrogen) atoms. The van der Waals surface area contributed by atoms with Gasteiger partial charge >= 0.3 is 0 Å². The van der Waals surface area contributed by atoms with Crippen molar-refractivity contribution >= 4 is 11.0 Å². The van der Waals surface area contributed by atoms with Crippen LogP contribution in [0, 0.1) is 52.2 Å². The summed E-state index contributed by atoms with van der Waals surface area (Å²) >= 11 is 0. The third-order valence-corrected chi connectivity index (χ3v) is 8.66. The summed E-state index contributed by atoms with van der Waals surface area (Å²) in [7, 11) is 0. The molecule has 0 atom stereocenters. The molecular weight excluding hydrogens is 789 g/mol. The Balaban J connectivity index is 0.000000271. The van der Waals surface area contributed by atoms with Crippen LogP contribution in [0.25, 0.3) is 55.7 Å². The number of nitrogens with zero attached hydrogens (tertiary/aromatic N) is 2. The minimum atomic E-state index is 0. The fraction of sp³-hybridized carbons (Fsp3) is 0.217. The maximum absolute atomic E-state index is 6.35. The first-order valence-corrected chi connectivity index (χ1v) is 16.9. The molecule has 0 N–H and O–H groups in total. The van der Waals surface area contributed by atoms with E-state index in [1.54, 1.807) is 0 Å². The van der Waals surface area contributed by atoms with Gasteiger partial charge in [-0.25, -0.2) is 0 Å². The molecule has 0 aliphatic heterocycles. The van der Waals surface area contributed by atoms with Gasteiger partial charge < -0.3 is 14.4 Å². The third-order valence-electron chi connectivity index (χ3n) is 8.66. The van der Waals surface area contributed by atoms with Crippen molar-refractivity contribution in [3.8, 4) is 44.8 Å². The van der Waals surface area contributed by atoms with E-state index in [0.29, 0.717) is 0 Å². The molecule has 0 aliphatic rings. The third kappa shape index (κ3) is 8.56. The molecule has 0 saturated heterocycles. The van der Waals surface area contributed by atoms with E-state index in [0.717, 1.165) is 51.2 Å². The van der Waals surface area contributed by atoms with Crippen LogP contribution >= 0.6 is 0 Å². The van der Waals surface area contributed by atoms with Gasteiger partial charge in [0.15, 0.2) is 0 Å². The number of furan rings is 1. The topological polar surface area (TPSA) is 38.9 Å². The molecule has 0 aliphatic carbocycles. The molecule has 255 valence electrons. The molecule has 0 unspecified atom stereocenters. The summed E-state index contributed by atoms with van der Waals surface area (Å²) in [5, 5.41) is 1.10. The van der Waals surface area contributed by atoms with Crippen molar-refractivity contribution in [3.63, 3.8) is 0 Å². The summed E-state index contributed by atoms with van der Waals surface area (Å²) in [6.07, 6.45) is 4.74. The van der Waals surface area contributed by atoms with Crippen molar-refractivity contribution in [2.24, 2.45) is 5.41 Å². The minimum Gasteiger partial charge on any atom is -0.505 e. The molecule has 7 aromatic rings. The summed E-state index contributed by atoms with van der Waals surface area (Å²) in [5.41, 5.74) is 15.9. The van der Waals surface area contributed by atoms with Gasteiger partial charge in [0.2, 0.25) is 0 Å². The van der Waals surface area contributed by atoms with Crippen molar-refractivity contribution in [2.75, 3.05) is 0 Å². The molecule has 3 heterocycles. The van der Waals surface area contributed by atoms with Gasteiger partial charge in [0.25, 0.3) is 0 Å². The Hall–Kier alpha value is -4.63. The molecule has 0 fully saturated rings. The normalized spacial score (nSPS) is 11.1. The van der Waals surface area contributed by atoms with Crippen LogP contribution in [-0.2, 0) is 26.5 Å². The van der Waals surface area contributed by atoms with Crippen LogP contribution in [0.5, 0.6) is 0 Å². The number of hydrogen-bond donors (Lipinski definition) is 0. The van der Waals surface area contributed by atoms with E-state index in [-0.39, 0.29) is 25.5 Å². The average molecular weight is 833 g/mol. The Labute approximate surface area is 311 Å². The Bertz CT molecular complexity index is 2140. The van der Waals surface area contributed by atoms with Crippen molar-refractivity contribution in [3.05, 3.63) is 155 Å². The van der Waals surface area contributed by atoms with Gasteiger partial charge in [-0.1, -0.05) is 99.3 Å². The molecule has 0 bridgehead atoms. The second-order valence-corrected chi connectivity index (χ2v) is 14.3. The standard InChI is InChI=1S/C33H32NO.C13H12N.Ir/c1-21-15-26(24-11-8-7-9-12-24)16-22(2)31(21)29-18-30(34-20-23(29)3)28-14-10-13-25-17-27(35-32(25)28)19-33(4,5)6;1-10-3-6-12(7-4-10)13-8-5-11(2)9-14-13;/h7-13,15-18,20H,19H2,1-6H3;3-6,8-9H,1-2H3;/q2*-1;. The van der Waals surface area contributed by atoms with E-state index in [1.165, 1.54) is 44.5 Å². The summed E-state index contributed by atoms with van der Waals surface area (Å²) in [6.45, 7) is 17.3. The van der Waals surface area contributed by atoms with Crippen LogP contribution in [0.15, 0.2) is 114 Å². The van der Waals surface area contributed by atoms with Gasteiger partial charge in [0.1, 0.15) is 0 Å². The molecule has 4 aromatic carbocycles. The molecule has 0 spiro atoms. The van der Waals surface area contributed by atoms with Crippen LogP contribution in [0.1, 0.15) is 54.3 Å². The van der Waals surface area contributed by atoms with Gasteiger partial charge in [-0.15, -0.1) is 53.6 Å². The Kier molecular flexibility index (Phi) is 11.4. The fourth-order valence-electron chi connectivity index (χ4n) is 6.26. The van der Waals surface area contributed by atoms with Crippen LogP contribution in [0.3, 0.4) is 0 Å². The molecule has 4 heteroatoms. The van der Waals surface area contributed by atoms with Crippen molar-refractivity contribution < 1.29 is 24.5 Å². The largest absolute Gasteiger partial charge is 0.505 e. The summed E-state index contributed by atoms with van der Waals surface area (Å²) < 4.78 is 6.35. The van der Waals surface area contributed by atoms with Crippen molar-refractivity contribution in [2.45, 2.75) is 61.8 Å². The Morgan fingerprint density at radius 3 is 2.00 bits per heavy atom. The van der Waals surface area contributed by atoms with Gasteiger partial charge in [-0.2, -0.15) is 0 Å². The molecule has 3 nitrogen and oxygen atoms in total. The monoisotopic (exact) mass is 833 g/mol. The van der Waals surface area contributed by atoms with Gasteiger partial charge in [0, 0.05) is 38.9 Å². The zero-order valence-corrected chi connectivity index (χ0v) is 32.6. The van der Waals surface area contributed by atoms with Gasteiger partial charge in [-0.05, 0) is 95.1 Å². The van der Waals surface area contributed by atoms with Crippen LogP contribution in [0.2, 0.25) is 0 Å². The van der Waals surface area contributed by atoms with E-state index in [1.807, 2.05) is 43.6 Å². The van der Waals surface area contributed by atoms with E-state index in [9.17, 15) is 0 Å². The van der Waals surface area contributed by atoms with Crippen LogP contribution < -0.4 is 0 Å². The zero-order valence-electron chi connectivity index (χ0n) is 30.2. The maximum atomic E-state index is 6.35. The molecule has 7 rings (SSSR count). The smallest absolute Gasteiger partial charge is 0.0903 e. The summed E-state index contributed by atoms with van der Waals surface area (Å²) in [4.78, 5) is 9.15. The molecule has 0 amide bonds. The predicted molar refractivity (Wildman–Crippen MR) is 205 cm³/mol. The first kappa shape index (κ1) is 36.6. The van der Waals surface area contributed by atoms with Crippen LogP contribution in [-0.4, -0.2) is 9.97 Å². The van der Waals surface area contributed by atoms with E-state index >= 15 is 0 Å². The summed E-state index contributed by atoms with van der Waals surface area (Å²) in [5.74, 6) is 1.00. The number of aromatic nitrogens is 2. The predicted octanol–water partition coefficient (Wildman–Crippen LogP) is 12.3. The number of hydrogen-bond acceptors (Lipinski definition) is 3. The van der Waals surface area contributed by atoms with E-state index < -0.39 is 0 Å². The maximum Gasteiger partial charge on any atom is 0.0903 e. The summed E-state index contributed by atoms with van der Waals surface area (Å²) in [6, 6.07) is 40.3. The second kappa shape index (κ2) is 15.5. The van der Waals surface area contributed by atoms with Crippen LogP contribution in [0.4, 0.5) is 0 Å². The zero-order chi connectivity index (χ0) is 34.7. The van der Waals surface area contributed by atoms with E-state index in [2.05, 4.69) is 138 Å². The van der Waals surface area contributed by atoms with Gasteiger partial charge in [-0.3, -0.25) is 0 Å². The van der Waals surface area contributed by atoms with Gasteiger partial charge in [0.05, 0.1) is 11.3 Å². The van der Waals surface area contributed by atoms with Crippen molar-refractivity contribution in [1.29, 1.82) is 0 Å². The Morgan fingerprint density at radius 2 is 1.36 bits per heavy atom. The number of rotatable bonds is 5. The Morgan fingerprint density at radius 1 is 0.660 bits per heavy atom.